The molecule has 2 rings (SSSR count). The number of carbonyl (C=O) groups is 1. The highest BCUT2D eigenvalue weighted by molar-refractivity contribution is 7.92. The van der Waals surface area contributed by atoms with Gasteiger partial charge in [0.25, 0.3) is 0 Å². The molecule has 0 aromatic heterocycles. The van der Waals surface area contributed by atoms with Gasteiger partial charge in [-0.2, -0.15) is 0 Å². The molecule has 30 heavy (non-hydrogen) atoms. The number of rotatable bonds is 11. The van der Waals surface area contributed by atoms with Gasteiger partial charge in [-0.15, -0.1) is 0 Å². The fourth-order valence-electron chi connectivity index (χ4n) is 3.15. The molecule has 0 spiro atoms. The first-order valence-electron chi connectivity index (χ1n) is 10.2. The Hall–Kier alpha value is -2.54. The van der Waals surface area contributed by atoms with Crippen molar-refractivity contribution in [3.8, 4) is 5.75 Å². The van der Waals surface area contributed by atoms with Crippen LogP contribution in [0.2, 0.25) is 0 Å². The number of benzene rings is 2. The standard InChI is InChI=1S/C23H32N2O4S/c1-18-9-12-21(17-19(18)2)25(30(4,27)28)16-6-8-23(26)24-15-5-7-20-10-13-22(29-3)14-11-20/h9-14,17H,5-8,15-16H2,1-4H3,(H,24,26). The van der Waals surface area contributed by atoms with E-state index in [0.717, 1.165) is 29.7 Å². The highest BCUT2D eigenvalue weighted by Gasteiger charge is 2.18. The van der Waals surface area contributed by atoms with Crippen molar-refractivity contribution in [1.82, 2.24) is 5.32 Å². The predicted molar refractivity (Wildman–Crippen MR) is 122 cm³/mol. The Kier molecular flexibility index (Phi) is 8.72. The second-order valence-electron chi connectivity index (χ2n) is 7.51. The molecule has 0 fully saturated rings. The molecule has 0 aliphatic rings. The summed E-state index contributed by atoms with van der Waals surface area (Å²) < 4.78 is 30.9. The summed E-state index contributed by atoms with van der Waals surface area (Å²) >= 11 is 0. The van der Waals surface area contributed by atoms with Gasteiger partial charge in [0.05, 0.1) is 19.1 Å². The molecule has 0 heterocycles. The third-order valence-electron chi connectivity index (χ3n) is 5.07. The number of anilines is 1. The normalized spacial score (nSPS) is 11.2. The molecular formula is C23H32N2O4S. The molecule has 6 nitrogen and oxygen atoms in total. The van der Waals surface area contributed by atoms with Gasteiger partial charge in [-0.05, 0) is 74.1 Å². The minimum absolute atomic E-state index is 0.0572. The zero-order valence-corrected chi connectivity index (χ0v) is 19.1. The molecule has 0 atom stereocenters. The maximum absolute atomic E-state index is 12.2. The topological polar surface area (TPSA) is 75.7 Å². The van der Waals surface area contributed by atoms with Gasteiger partial charge < -0.3 is 10.1 Å². The van der Waals surface area contributed by atoms with Gasteiger partial charge in [-0.3, -0.25) is 9.10 Å². The highest BCUT2D eigenvalue weighted by atomic mass is 32.2. The van der Waals surface area contributed by atoms with E-state index in [1.54, 1.807) is 7.11 Å². The van der Waals surface area contributed by atoms with E-state index in [4.69, 9.17) is 4.74 Å². The fraction of sp³-hybridized carbons (Fsp3) is 0.435. The smallest absolute Gasteiger partial charge is 0.232 e. The van der Waals surface area contributed by atoms with Crippen LogP contribution in [-0.2, 0) is 21.2 Å². The van der Waals surface area contributed by atoms with E-state index in [0.29, 0.717) is 25.1 Å². The SMILES string of the molecule is COc1ccc(CCCNC(=O)CCCN(c2ccc(C)c(C)c2)S(C)(=O)=O)cc1. The number of ether oxygens (including phenoxy) is 1. The van der Waals surface area contributed by atoms with Crippen molar-refractivity contribution in [3.63, 3.8) is 0 Å². The van der Waals surface area contributed by atoms with Crippen LogP contribution in [0.5, 0.6) is 5.75 Å². The Labute approximate surface area is 180 Å². The Balaban J connectivity index is 1.76. The molecule has 0 aliphatic heterocycles. The molecule has 1 amide bonds. The number of carbonyl (C=O) groups excluding carboxylic acids is 1. The molecule has 1 N–H and O–H groups in total. The highest BCUT2D eigenvalue weighted by Crippen LogP contribution is 2.21. The van der Waals surface area contributed by atoms with Gasteiger partial charge in [-0.25, -0.2) is 8.42 Å². The monoisotopic (exact) mass is 432 g/mol. The number of hydrogen-bond donors (Lipinski definition) is 1. The average Bonchev–Trinajstić information content (AvgIpc) is 2.70. The first-order valence-corrected chi connectivity index (χ1v) is 12.0. The minimum atomic E-state index is -3.41. The number of aryl methyl sites for hydroxylation is 3. The van der Waals surface area contributed by atoms with Crippen LogP contribution in [0, 0.1) is 13.8 Å². The van der Waals surface area contributed by atoms with Crippen molar-refractivity contribution >= 4 is 21.6 Å². The third-order valence-corrected chi connectivity index (χ3v) is 6.26. The summed E-state index contributed by atoms with van der Waals surface area (Å²) in [6.07, 6.45) is 3.67. The quantitative estimate of drug-likeness (QED) is 0.551. The van der Waals surface area contributed by atoms with Crippen molar-refractivity contribution in [1.29, 1.82) is 0 Å². The van der Waals surface area contributed by atoms with Crippen LogP contribution in [0.25, 0.3) is 0 Å². The van der Waals surface area contributed by atoms with Gasteiger partial charge in [0, 0.05) is 19.5 Å². The summed E-state index contributed by atoms with van der Waals surface area (Å²) in [6, 6.07) is 13.5. The number of methoxy groups -OCH3 is 1. The van der Waals surface area contributed by atoms with Crippen LogP contribution < -0.4 is 14.4 Å². The van der Waals surface area contributed by atoms with Crippen molar-refractivity contribution < 1.29 is 17.9 Å². The molecule has 2 aromatic rings. The second-order valence-corrected chi connectivity index (χ2v) is 9.42. The molecule has 2 aromatic carbocycles. The number of nitrogens with one attached hydrogen (secondary N) is 1. The van der Waals surface area contributed by atoms with E-state index in [-0.39, 0.29) is 12.5 Å². The number of sulfonamides is 1. The minimum Gasteiger partial charge on any atom is -0.497 e. The first kappa shape index (κ1) is 23.7. The van der Waals surface area contributed by atoms with Crippen LogP contribution in [0.15, 0.2) is 42.5 Å². The molecule has 0 radical (unpaired) electrons. The van der Waals surface area contributed by atoms with Gasteiger partial charge in [0.2, 0.25) is 15.9 Å². The number of amides is 1. The van der Waals surface area contributed by atoms with E-state index >= 15 is 0 Å². The Morgan fingerprint density at radius 2 is 1.73 bits per heavy atom. The maximum Gasteiger partial charge on any atom is 0.232 e. The Bertz CT molecular complexity index is 940. The van der Waals surface area contributed by atoms with E-state index in [9.17, 15) is 13.2 Å². The van der Waals surface area contributed by atoms with E-state index in [1.807, 2.05) is 56.3 Å². The van der Waals surface area contributed by atoms with Crippen molar-refractivity contribution in [2.24, 2.45) is 0 Å². The Morgan fingerprint density at radius 3 is 2.33 bits per heavy atom. The second kappa shape index (κ2) is 11.0. The van der Waals surface area contributed by atoms with Gasteiger partial charge in [-0.1, -0.05) is 18.2 Å². The summed E-state index contributed by atoms with van der Waals surface area (Å²) in [5, 5.41) is 2.91. The lowest BCUT2D eigenvalue weighted by Crippen LogP contribution is -2.32. The van der Waals surface area contributed by atoms with Crippen LogP contribution in [0.1, 0.15) is 36.0 Å². The molecule has 164 valence electrons. The van der Waals surface area contributed by atoms with E-state index in [2.05, 4.69) is 5.32 Å². The van der Waals surface area contributed by atoms with Crippen LogP contribution >= 0.6 is 0 Å². The summed E-state index contributed by atoms with van der Waals surface area (Å²) in [7, 11) is -1.77. The zero-order valence-electron chi connectivity index (χ0n) is 18.3. The largest absolute Gasteiger partial charge is 0.497 e. The average molecular weight is 433 g/mol. The summed E-state index contributed by atoms with van der Waals surface area (Å²) in [5.41, 5.74) is 3.99. The fourth-order valence-corrected chi connectivity index (χ4v) is 4.11. The Morgan fingerprint density at radius 1 is 1.03 bits per heavy atom. The molecule has 0 bridgehead atoms. The van der Waals surface area contributed by atoms with Crippen molar-refractivity contribution in [3.05, 3.63) is 59.2 Å². The summed E-state index contributed by atoms with van der Waals surface area (Å²) in [4.78, 5) is 12.1. The molecular weight excluding hydrogens is 400 g/mol. The lowest BCUT2D eigenvalue weighted by molar-refractivity contribution is -0.121. The molecule has 7 heteroatoms. The zero-order chi connectivity index (χ0) is 22.1. The van der Waals surface area contributed by atoms with Crippen LogP contribution in [0.3, 0.4) is 0 Å². The summed E-state index contributed by atoms with van der Waals surface area (Å²) in [5.74, 6) is 0.772. The lowest BCUT2D eigenvalue weighted by Gasteiger charge is -2.23. The van der Waals surface area contributed by atoms with Gasteiger partial charge in [0.1, 0.15) is 5.75 Å². The first-order chi connectivity index (χ1) is 14.2. The van der Waals surface area contributed by atoms with Gasteiger partial charge in [0.15, 0.2) is 0 Å². The predicted octanol–water partition coefficient (Wildman–Crippen LogP) is 3.61. The maximum atomic E-state index is 12.2. The third kappa shape index (κ3) is 7.37. The van der Waals surface area contributed by atoms with Crippen LogP contribution in [-0.4, -0.2) is 40.8 Å². The van der Waals surface area contributed by atoms with Crippen molar-refractivity contribution in [2.45, 2.75) is 39.5 Å². The summed E-state index contributed by atoms with van der Waals surface area (Å²) in [6.45, 7) is 4.82. The number of nitrogens with zero attached hydrogens (tertiary/aromatic N) is 1. The lowest BCUT2D eigenvalue weighted by atomic mass is 10.1. The molecule has 0 saturated carbocycles. The van der Waals surface area contributed by atoms with Crippen LogP contribution in [0.4, 0.5) is 5.69 Å². The van der Waals surface area contributed by atoms with Gasteiger partial charge >= 0.3 is 0 Å². The van der Waals surface area contributed by atoms with E-state index in [1.165, 1.54) is 16.1 Å². The van der Waals surface area contributed by atoms with E-state index < -0.39 is 10.0 Å². The molecule has 0 saturated heterocycles. The van der Waals surface area contributed by atoms with Crippen molar-refractivity contribution in [2.75, 3.05) is 30.8 Å². The molecule has 0 aliphatic carbocycles. The molecule has 0 unspecified atom stereocenters. The number of hydrogen-bond acceptors (Lipinski definition) is 4.